The maximum atomic E-state index is 9.55. The zero-order valence-corrected chi connectivity index (χ0v) is 18.2. The van der Waals surface area contributed by atoms with Gasteiger partial charge in [-0.3, -0.25) is 0 Å². The average Bonchev–Trinajstić information content (AvgIpc) is 3.15. The van der Waals surface area contributed by atoms with Gasteiger partial charge in [0.25, 0.3) is 0 Å². The molecule has 0 spiro atoms. The number of nitrogens with zero attached hydrogens (tertiary/aromatic N) is 2. The number of H-pyrrole nitrogens is 1. The van der Waals surface area contributed by atoms with Crippen LogP contribution >= 0.6 is 0 Å². The smallest absolute Gasteiger partial charge is 0.328 e. The Morgan fingerprint density at radius 1 is 1.13 bits per heavy atom. The highest BCUT2D eigenvalue weighted by Crippen LogP contribution is 2.31. The maximum Gasteiger partial charge on any atom is 0.328 e. The molecule has 8 nitrogen and oxygen atoms in total. The van der Waals surface area contributed by atoms with Crippen molar-refractivity contribution in [3.05, 3.63) is 48.2 Å². The first-order chi connectivity index (χ1) is 14.9. The van der Waals surface area contributed by atoms with Crippen LogP contribution in [0.1, 0.15) is 25.8 Å². The summed E-state index contributed by atoms with van der Waals surface area (Å²) >= 11 is 0. The van der Waals surface area contributed by atoms with E-state index in [0.717, 1.165) is 38.4 Å². The van der Waals surface area contributed by atoms with E-state index in [0.29, 0.717) is 12.2 Å². The molecule has 0 aliphatic carbocycles. The fourth-order valence-electron chi connectivity index (χ4n) is 3.30. The molecule has 0 amide bonds. The quantitative estimate of drug-likeness (QED) is 0.303. The Labute approximate surface area is 181 Å². The summed E-state index contributed by atoms with van der Waals surface area (Å²) in [6, 6.07) is 8.44. The van der Waals surface area contributed by atoms with Crippen molar-refractivity contribution in [1.29, 1.82) is 0 Å². The lowest BCUT2D eigenvalue weighted by atomic mass is 10.1. The largest absolute Gasteiger partial charge is 0.478 e. The topological polar surface area (TPSA) is 119 Å². The second-order valence-corrected chi connectivity index (χ2v) is 7.03. The van der Waals surface area contributed by atoms with E-state index in [9.17, 15) is 9.59 Å². The molecule has 31 heavy (non-hydrogen) atoms. The number of carboxylic acid groups (broad SMARTS) is 2. The lowest BCUT2D eigenvalue weighted by molar-refractivity contribution is -0.134. The van der Waals surface area contributed by atoms with Crippen molar-refractivity contribution < 1.29 is 19.8 Å². The van der Waals surface area contributed by atoms with E-state index < -0.39 is 11.9 Å². The number of pyridine rings is 1. The monoisotopic (exact) mass is 426 g/mol. The second kappa shape index (κ2) is 11.7. The first-order valence-corrected chi connectivity index (χ1v) is 10.3. The molecule has 3 rings (SSSR count). The van der Waals surface area contributed by atoms with Gasteiger partial charge in [0.1, 0.15) is 5.82 Å². The van der Waals surface area contributed by atoms with Crippen LogP contribution in [-0.2, 0) is 9.59 Å². The number of hydrogen-bond acceptors (Lipinski definition) is 5. The predicted molar refractivity (Wildman–Crippen MR) is 124 cm³/mol. The van der Waals surface area contributed by atoms with E-state index in [1.54, 1.807) is 0 Å². The van der Waals surface area contributed by atoms with Crippen LogP contribution < -0.4 is 5.32 Å². The number of carboxylic acids is 2. The first-order valence-electron chi connectivity index (χ1n) is 10.3. The molecule has 3 aromatic rings. The number of benzene rings is 1. The van der Waals surface area contributed by atoms with Gasteiger partial charge in [0, 0.05) is 41.2 Å². The van der Waals surface area contributed by atoms with E-state index in [1.165, 1.54) is 27.4 Å². The number of aromatic nitrogens is 2. The molecule has 2 aromatic heterocycles. The maximum absolute atomic E-state index is 9.55. The fraction of sp³-hybridized carbons (Fsp3) is 0.348. The summed E-state index contributed by atoms with van der Waals surface area (Å²) in [4.78, 5) is 29.7. The van der Waals surface area contributed by atoms with Crippen molar-refractivity contribution >= 4 is 39.6 Å². The van der Waals surface area contributed by atoms with Gasteiger partial charge in [-0.05, 0) is 44.6 Å². The number of fused-ring (bicyclic) bond motifs is 3. The number of carbonyl (C=O) groups is 2. The van der Waals surface area contributed by atoms with Gasteiger partial charge in [0.15, 0.2) is 0 Å². The van der Waals surface area contributed by atoms with Crippen LogP contribution in [0.15, 0.2) is 42.6 Å². The van der Waals surface area contributed by atoms with Gasteiger partial charge in [0.2, 0.25) is 0 Å². The van der Waals surface area contributed by atoms with Crippen molar-refractivity contribution in [2.24, 2.45) is 0 Å². The molecule has 0 saturated heterocycles. The Bertz CT molecular complexity index is 1040. The van der Waals surface area contributed by atoms with E-state index >= 15 is 0 Å². The van der Waals surface area contributed by atoms with Gasteiger partial charge >= 0.3 is 11.9 Å². The molecule has 0 bridgehead atoms. The minimum Gasteiger partial charge on any atom is -0.478 e. The van der Waals surface area contributed by atoms with E-state index in [4.69, 9.17) is 10.2 Å². The molecule has 0 aliphatic heterocycles. The summed E-state index contributed by atoms with van der Waals surface area (Å²) < 4.78 is 0. The van der Waals surface area contributed by atoms with Crippen LogP contribution in [0, 0.1) is 6.92 Å². The minimum atomic E-state index is -1.26. The van der Waals surface area contributed by atoms with Gasteiger partial charge in [0.05, 0.1) is 5.52 Å². The Morgan fingerprint density at radius 3 is 2.39 bits per heavy atom. The Balaban J connectivity index is 0.000000366. The van der Waals surface area contributed by atoms with Crippen LogP contribution in [0.5, 0.6) is 0 Å². The molecule has 1 aromatic carbocycles. The van der Waals surface area contributed by atoms with Crippen LogP contribution in [0.2, 0.25) is 0 Å². The van der Waals surface area contributed by atoms with E-state index in [2.05, 4.69) is 65.2 Å². The molecule has 0 aliphatic rings. The molecular weight excluding hydrogens is 396 g/mol. The minimum absolute atomic E-state index is 0.558. The lowest BCUT2D eigenvalue weighted by Crippen LogP contribution is -2.25. The molecule has 0 unspecified atom stereocenters. The SMILES string of the molecule is CCN(CC)CCCNc1ncc(C)c2[nH]c3ccccc3c12.O=C(O)/C=C\C(=O)O. The normalized spacial score (nSPS) is 11.1. The van der Waals surface area contributed by atoms with Crippen LogP contribution in [0.4, 0.5) is 5.82 Å². The summed E-state index contributed by atoms with van der Waals surface area (Å²) in [7, 11) is 0. The number of para-hydroxylation sites is 1. The molecular formula is C23H30N4O4. The summed E-state index contributed by atoms with van der Waals surface area (Å²) in [6.07, 6.45) is 4.19. The van der Waals surface area contributed by atoms with E-state index in [-0.39, 0.29) is 0 Å². The predicted octanol–water partition coefficient (Wildman–Crippen LogP) is 3.88. The van der Waals surface area contributed by atoms with Crippen molar-refractivity contribution in [2.45, 2.75) is 27.2 Å². The summed E-state index contributed by atoms with van der Waals surface area (Å²) in [6.45, 7) is 10.8. The molecule has 0 atom stereocenters. The van der Waals surface area contributed by atoms with Crippen LogP contribution in [-0.4, -0.2) is 63.2 Å². The van der Waals surface area contributed by atoms with Crippen molar-refractivity contribution in [3.8, 4) is 0 Å². The fourth-order valence-corrected chi connectivity index (χ4v) is 3.30. The molecule has 2 heterocycles. The van der Waals surface area contributed by atoms with Crippen LogP contribution in [0.25, 0.3) is 21.8 Å². The third kappa shape index (κ3) is 6.82. The molecule has 0 fully saturated rings. The highest BCUT2D eigenvalue weighted by Gasteiger charge is 2.11. The van der Waals surface area contributed by atoms with Crippen molar-refractivity contribution in [3.63, 3.8) is 0 Å². The zero-order chi connectivity index (χ0) is 22.8. The van der Waals surface area contributed by atoms with Crippen molar-refractivity contribution in [1.82, 2.24) is 14.9 Å². The number of aromatic amines is 1. The van der Waals surface area contributed by atoms with E-state index in [1.807, 2.05) is 6.20 Å². The Kier molecular flexibility index (Phi) is 9.02. The number of nitrogens with one attached hydrogen (secondary N) is 2. The van der Waals surface area contributed by atoms with Crippen LogP contribution in [0.3, 0.4) is 0 Å². The third-order valence-corrected chi connectivity index (χ3v) is 4.93. The van der Waals surface area contributed by atoms with Crippen molar-refractivity contribution in [2.75, 3.05) is 31.5 Å². The number of aryl methyl sites for hydroxylation is 1. The average molecular weight is 427 g/mol. The van der Waals surface area contributed by atoms with Gasteiger partial charge in [-0.2, -0.15) is 0 Å². The first kappa shape index (κ1) is 23.9. The molecule has 166 valence electrons. The zero-order valence-electron chi connectivity index (χ0n) is 18.2. The molecule has 0 radical (unpaired) electrons. The number of anilines is 1. The molecule has 8 heteroatoms. The lowest BCUT2D eigenvalue weighted by Gasteiger charge is -2.18. The number of rotatable bonds is 9. The van der Waals surface area contributed by atoms with Gasteiger partial charge < -0.3 is 25.4 Å². The number of hydrogen-bond donors (Lipinski definition) is 4. The van der Waals surface area contributed by atoms with Gasteiger partial charge in [-0.15, -0.1) is 0 Å². The highest BCUT2D eigenvalue weighted by molar-refractivity contribution is 6.13. The standard InChI is InChI=1S/C19H26N4.C4H4O4/c1-4-23(5-2)12-8-11-20-19-17-15-9-6-7-10-16(15)22-18(17)14(3)13-21-19;5-3(6)1-2-4(7)8/h6-7,9-10,13,22H,4-5,8,11-12H2,1-3H3,(H,20,21);1-2H,(H,5,6)(H,7,8)/b;2-1-. The third-order valence-electron chi connectivity index (χ3n) is 4.93. The summed E-state index contributed by atoms with van der Waals surface area (Å²) in [5.41, 5.74) is 3.54. The summed E-state index contributed by atoms with van der Waals surface area (Å²) in [5, 5.41) is 21.6. The highest BCUT2D eigenvalue weighted by atomic mass is 16.4. The Morgan fingerprint density at radius 2 is 1.77 bits per heavy atom. The molecule has 0 saturated carbocycles. The second-order valence-electron chi connectivity index (χ2n) is 7.03. The molecule has 4 N–H and O–H groups in total. The van der Waals surface area contributed by atoms with Gasteiger partial charge in [-0.1, -0.05) is 32.0 Å². The Hall–Kier alpha value is -3.39. The summed E-state index contributed by atoms with van der Waals surface area (Å²) in [5.74, 6) is -1.53. The number of aliphatic carboxylic acids is 2. The van der Waals surface area contributed by atoms with Gasteiger partial charge in [-0.25, -0.2) is 14.6 Å².